The molecule has 0 bridgehead atoms. The summed E-state index contributed by atoms with van der Waals surface area (Å²) >= 11 is 1.44. The van der Waals surface area contributed by atoms with Gasteiger partial charge in [-0.2, -0.15) is 5.10 Å². The zero-order valence-corrected chi connectivity index (χ0v) is 13.3. The molecule has 6 heteroatoms. The molecule has 2 heterocycles. The SMILES string of the molecule is CCN(CC)c1cnn(CC(=O)c2ccc(C)s2)c(=O)c1. The van der Waals surface area contributed by atoms with Crippen LogP contribution in [0.25, 0.3) is 0 Å². The standard InChI is InChI=1S/C15H19N3O2S/c1-4-17(5-2)12-8-15(20)18(16-9-12)10-13(19)14-7-6-11(3)21-14/h6-9H,4-5,10H2,1-3H3. The van der Waals surface area contributed by atoms with Crippen LogP contribution in [0.1, 0.15) is 28.4 Å². The van der Waals surface area contributed by atoms with E-state index in [1.54, 1.807) is 12.3 Å². The Hall–Kier alpha value is -1.95. The average Bonchev–Trinajstić information content (AvgIpc) is 2.90. The van der Waals surface area contributed by atoms with Gasteiger partial charge < -0.3 is 4.90 Å². The van der Waals surface area contributed by atoms with Crippen molar-refractivity contribution in [2.45, 2.75) is 27.3 Å². The predicted octanol–water partition coefficient (Wildman–Crippen LogP) is 2.34. The summed E-state index contributed by atoms with van der Waals surface area (Å²) in [4.78, 5) is 28.0. The van der Waals surface area contributed by atoms with E-state index in [9.17, 15) is 9.59 Å². The molecule has 0 aliphatic heterocycles. The number of Topliss-reactive ketones (excluding diaryl/α,β-unsaturated/α-hetero) is 1. The van der Waals surface area contributed by atoms with Crippen LogP contribution in [0.3, 0.4) is 0 Å². The molecule has 0 amide bonds. The molecule has 0 atom stereocenters. The highest BCUT2D eigenvalue weighted by Gasteiger charge is 2.12. The Morgan fingerprint density at radius 1 is 1.33 bits per heavy atom. The molecule has 0 aliphatic rings. The first-order chi connectivity index (χ1) is 10.0. The van der Waals surface area contributed by atoms with Crippen molar-refractivity contribution in [1.29, 1.82) is 0 Å². The van der Waals surface area contributed by atoms with E-state index in [1.807, 2.05) is 31.7 Å². The number of aryl methyl sites for hydroxylation is 1. The number of ketones is 1. The summed E-state index contributed by atoms with van der Waals surface area (Å²) in [5.41, 5.74) is 0.543. The van der Waals surface area contributed by atoms with Gasteiger partial charge in [-0.05, 0) is 32.9 Å². The third kappa shape index (κ3) is 3.58. The van der Waals surface area contributed by atoms with Crippen molar-refractivity contribution >= 4 is 22.8 Å². The second-order valence-electron chi connectivity index (χ2n) is 4.72. The fraction of sp³-hybridized carbons (Fsp3) is 0.400. The lowest BCUT2D eigenvalue weighted by atomic mass is 10.3. The van der Waals surface area contributed by atoms with Gasteiger partial charge in [-0.1, -0.05) is 0 Å². The summed E-state index contributed by atoms with van der Waals surface area (Å²) in [7, 11) is 0. The van der Waals surface area contributed by atoms with E-state index in [1.165, 1.54) is 22.1 Å². The molecule has 0 radical (unpaired) electrons. The van der Waals surface area contributed by atoms with Gasteiger partial charge in [0.05, 0.1) is 16.8 Å². The Bertz CT molecular complexity index is 686. The van der Waals surface area contributed by atoms with Crippen LogP contribution in [-0.4, -0.2) is 28.7 Å². The van der Waals surface area contributed by atoms with Crippen molar-refractivity contribution in [2.75, 3.05) is 18.0 Å². The predicted molar refractivity (Wildman–Crippen MR) is 85.4 cm³/mol. The monoisotopic (exact) mass is 305 g/mol. The average molecular weight is 305 g/mol. The number of carbonyl (C=O) groups excluding carboxylic acids is 1. The molecular weight excluding hydrogens is 286 g/mol. The van der Waals surface area contributed by atoms with Crippen LogP contribution in [0.5, 0.6) is 0 Å². The number of hydrogen-bond donors (Lipinski definition) is 0. The topological polar surface area (TPSA) is 55.2 Å². The third-order valence-corrected chi connectivity index (χ3v) is 4.33. The van der Waals surface area contributed by atoms with Crippen LogP contribution in [0.15, 0.2) is 29.2 Å². The minimum absolute atomic E-state index is 0.0166. The Balaban J connectivity index is 2.18. The minimum Gasteiger partial charge on any atom is -0.371 e. The first-order valence-corrected chi connectivity index (χ1v) is 7.78. The molecule has 0 aliphatic carbocycles. The van der Waals surface area contributed by atoms with E-state index < -0.39 is 0 Å². The molecule has 0 N–H and O–H groups in total. The quantitative estimate of drug-likeness (QED) is 0.769. The summed E-state index contributed by atoms with van der Waals surface area (Å²) < 4.78 is 1.21. The molecule has 5 nitrogen and oxygen atoms in total. The first kappa shape index (κ1) is 15.4. The highest BCUT2D eigenvalue weighted by molar-refractivity contribution is 7.14. The van der Waals surface area contributed by atoms with Gasteiger partial charge in [0.1, 0.15) is 6.54 Å². The molecule has 2 aromatic rings. The Morgan fingerprint density at radius 2 is 2.05 bits per heavy atom. The zero-order chi connectivity index (χ0) is 15.4. The molecule has 0 unspecified atom stereocenters. The van der Waals surface area contributed by atoms with Gasteiger partial charge in [-0.3, -0.25) is 9.59 Å². The van der Waals surface area contributed by atoms with Crippen molar-refractivity contribution in [1.82, 2.24) is 9.78 Å². The molecule has 112 valence electrons. The fourth-order valence-corrected chi connectivity index (χ4v) is 2.90. The molecule has 0 saturated carbocycles. The number of carbonyl (C=O) groups is 1. The summed E-state index contributed by atoms with van der Waals surface area (Å²) in [6.45, 7) is 7.61. The minimum atomic E-state index is -0.249. The van der Waals surface area contributed by atoms with Gasteiger partial charge in [0.2, 0.25) is 0 Å². The van der Waals surface area contributed by atoms with Gasteiger partial charge in [0.25, 0.3) is 5.56 Å². The van der Waals surface area contributed by atoms with Gasteiger partial charge >= 0.3 is 0 Å². The van der Waals surface area contributed by atoms with E-state index in [2.05, 4.69) is 5.10 Å². The second kappa shape index (κ2) is 6.67. The van der Waals surface area contributed by atoms with Crippen molar-refractivity contribution in [2.24, 2.45) is 0 Å². The maximum Gasteiger partial charge on any atom is 0.269 e. The Morgan fingerprint density at radius 3 is 2.57 bits per heavy atom. The zero-order valence-electron chi connectivity index (χ0n) is 12.5. The summed E-state index contributed by atoms with van der Waals surface area (Å²) in [5.74, 6) is -0.0849. The van der Waals surface area contributed by atoms with E-state index in [4.69, 9.17) is 0 Å². The number of rotatable bonds is 6. The van der Waals surface area contributed by atoms with Crippen LogP contribution in [-0.2, 0) is 6.54 Å². The van der Waals surface area contributed by atoms with E-state index >= 15 is 0 Å². The van der Waals surface area contributed by atoms with Crippen LogP contribution < -0.4 is 10.5 Å². The van der Waals surface area contributed by atoms with Gasteiger partial charge in [0, 0.05) is 24.0 Å². The normalized spacial score (nSPS) is 10.6. The van der Waals surface area contributed by atoms with Crippen LogP contribution >= 0.6 is 11.3 Å². The number of thiophene rings is 1. The fourth-order valence-electron chi connectivity index (χ4n) is 2.10. The first-order valence-electron chi connectivity index (χ1n) is 6.97. The molecular formula is C15H19N3O2S. The third-order valence-electron chi connectivity index (χ3n) is 3.29. The summed E-state index contributed by atoms with van der Waals surface area (Å²) in [6.07, 6.45) is 1.64. The molecule has 2 aromatic heterocycles. The van der Waals surface area contributed by atoms with Crippen molar-refractivity contribution in [3.05, 3.63) is 44.5 Å². The summed E-state index contributed by atoms with van der Waals surface area (Å²) in [5, 5.41) is 4.11. The molecule has 0 aromatic carbocycles. The largest absolute Gasteiger partial charge is 0.371 e. The van der Waals surface area contributed by atoms with Crippen LogP contribution in [0.2, 0.25) is 0 Å². The molecule has 2 rings (SSSR count). The van der Waals surface area contributed by atoms with Gasteiger partial charge in [-0.25, -0.2) is 4.68 Å². The molecule has 0 spiro atoms. The number of anilines is 1. The van der Waals surface area contributed by atoms with Gasteiger partial charge in [0.15, 0.2) is 5.78 Å². The molecule has 21 heavy (non-hydrogen) atoms. The maximum atomic E-state index is 12.1. The van der Waals surface area contributed by atoms with E-state index in [-0.39, 0.29) is 17.9 Å². The second-order valence-corrected chi connectivity index (χ2v) is 6.00. The van der Waals surface area contributed by atoms with Crippen molar-refractivity contribution < 1.29 is 4.79 Å². The summed E-state index contributed by atoms with van der Waals surface area (Å²) in [6, 6.07) is 5.22. The van der Waals surface area contributed by atoms with Crippen LogP contribution in [0, 0.1) is 6.92 Å². The van der Waals surface area contributed by atoms with Crippen molar-refractivity contribution in [3.8, 4) is 0 Å². The molecule has 0 saturated heterocycles. The van der Waals surface area contributed by atoms with Crippen LogP contribution in [0.4, 0.5) is 5.69 Å². The smallest absolute Gasteiger partial charge is 0.269 e. The lowest BCUT2D eigenvalue weighted by Crippen LogP contribution is -2.29. The number of nitrogens with zero attached hydrogens (tertiary/aromatic N) is 3. The number of hydrogen-bond acceptors (Lipinski definition) is 5. The highest BCUT2D eigenvalue weighted by Crippen LogP contribution is 2.16. The molecule has 0 fully saturated rings. The van der Waals surface area contributed by atoms with E-state index in [0.29, 0.717) is 4.88 Å². The van der Waals surface area contributed by atoms with E-state index in [0.717, 1.165) is 23.7 Å². The highest BCUT2D eigenvalue weighted by atomic mass is 32.1. The maximum absolute atomic E-state index is 12.1. The van der Waals surface area contributed by atoms with Crippen molar-refractivity contribution in [3.63, 3.8) is 0 Å². The lowest BCUT2D eigenvalue weighted by molar-refractivity contribution is 0.0969. The van der Waals surface area contributed by atoms with Gasteiger partial charge in [-0.15, -0.1) is 11.3 Å². The Kier molecular flexibility index (Phi) is 4.90. The lowest BCUT2D eigenvalue weighted by Gasteiger charge is -2.20. The number of aromatic nitrogens is 2. The Labute approximate surface area is 127 Å².